The van der Waals surface area contributed by atoms with Crippen LogP contribution in [0.15, 0.2) is 47.4 Å². The van der Waals surface area contributed by atoms with Gasteiger partial charge in [-0.25, -0.2) is 17.5 Å². The van der Waals surface area contributed by atoms with Gasteiger partial charge in [0.05, 0.1) is 24.8 Å². The van der Waals surface area contributed by atoms with Gasteiger partial charge in [-0.1, -0.05) is 30.9 Å². The maximum absolute atomic E-state index is 13.8. The summed E-state index contributed by atoms with van der Waals surface area (Å²) in [4.78, 5) is 13.0. The molecule has 1 aliphatic heterocycles. The van der Waals surface area contributed by atoms with Gasteiger partial charge in [0.2, 0.25) is 0 Å². The lowest BCUT2D eigenvalue weighted by Gasteiger charge is -2.40. The smallest absolute Gasteiger partial charge is 0.333 e. The number of methoxy groups -OCH3 is 2. The van der Waals surface area contributed by atoms with E-state index >= 15 is 0 Å². The van der Waals surface area contributed by atoms with Gasteiger partial charge in [-0.05, 0) is 61.2 Å². The standard InChI is InChI=1S/C23H26ClNO6S/c1-30-17-9-11-18(12-10-17)32(28,29)25-20-13-8-16(24)14-19(20)23(27,21(25)22(26)31-2)15-6-4-3-5-7-15/h8-15,21,27H,3-7H2,1-2H3. The topological polar surface area (TPSA) is 93.1 Å². The minimum absolute atomic E-state index is 0.0269. The predicted molar refractivity (Wildman–Crippen MR) is 120 cm³/mol. The summed E-state index contributed by atoms with van der Waals surface area (Å²) >= 11 is 6.25. The van der Waals surface area contributed by atoms with E-state index < -0.39 is 27.6 Å². The van der Waals surface area contributed by atoms with Gasteiger partial charge < -0.3 is 14.6 Å². The van der Waals surface area contributed by atoms with Crippen LogP contribution in [0.3, 0.4) is 0 Å². The number of carbonyl (C=O) groups is 1. The van der Waals surface area contributed by atoms with E-state index in [4.69, 9.17) is 21.1 Å². The Labute approximate surface area is 192 Å². The molecule has 0 radical (unpaired) electrons. The molecule has 2 aromatic rings. The van der Waals surface area contributed by atoms with Gasteiger partial charge in [-0.15, -0.1) is 0 Å². The number of aliphatic hydroxyl groups is 1. The zero-order chi connectivity index (χ0) is 23.1. The summed E-state index contributed by atoms with van der Waals surface area (Å²) in [5, 5.41) is 12.5. The first-order valence-corrected chi connectivity index (χ1v) is 12.4. The van der Waals surface area contributed by atoms with Crippen molar-refractivity contribution in [1.29, 1.82) is 0 Å². The summed E-state index contributed by atoms with van der Waals surface area (Å²) in [6.45, 7) is 0. The molecule has 2 aliphatic rings. The van der Waals surface area contributed by atoms with Gasteiger partial charge >= 0.3 is 5.97 Å². The molecule has 9 heteroatoms. The minimum Gasteiger partial charge on any atom is -0.497 e. The van der Waals surface area contributed by atoms with E-state index in [9.17, 15) is 18.3 Å². The number of sulfonamides is 1. The Morgan fingerprint density at radius 3 is 2.34 bits per heavy atom. The highest BCUT2D eigenvalue weighted by molar-refractivity contribution is 7.93. The maximum Gasteiger partial charge on any atom is 0.333 e. The largest absolute Gasteiger partial charge is 0.497 e. The minimum atomic E-state index is -4.23. The van der Waals surface area contributed by atoms with Gasteiger partial charge in [0, 0.05) is 10.6 Å². The monoisotopic (exact) mass is 479 g/mol. The van der Waals surface area contributed by atoms with Crippen LogP contribution in [0.1, 0.15) is 37.7 Å². The normalized spacial score (nSPS) is 23.6. The lowest BCUT2D eigenvalue weighted by atomic mass is 9.71. The number of fused-ring (bicyclic) bond motifs is 1. The van der Waals surface area contributed by atoms with E-state index in [-0.39, 0.29) is 16.5 Å². The number of halogens is 1. The van der Waals surface area contributed by atoms with Crippen molar-refractivity contribution in [1.82, 2.24) is 0 Å². The molecule has 2 atom stereocenters. The van der Waals surface area contributed by atoms with Crippen LogP contribution in [0.4, 0.5) is 5.69 Å². The molecule has 1 saturated carbocycles. The fraction of sp³-hybridized carbons (Fsp3) is 0.435. The highest BCUT2D eigenvalue weighted by atomic mass is 35.5. The lowest BCUT2D eigenvalue weighted by molar-refractivity contribution is -0.152. The maximum atomic E-state index is 13.8. The fourth-order valence-electron chi connectivity index (χ4n) is 4.99. The van der Waals surface area contributed by atoms with E-state index in [2.05, 4.69) is 0 Å². The number of hydrogen-bond acceptors (Lipinski definition) is 6. The molecule has 4 rings (SSSR count). The van der Waals surface area contributed by atoms with Gasteiger partial charge in [0.15, 0.2) is 6.04 Å². The number of esters is 1. The second-order valence-electron chi connectivity index (χ2n) is 8.22. The third-order valence-electron chi connectivity index (χ3n) is 6.55. The highest BCUT2D eigenvalue weighted by Crippen LogP contribution is 2.54. The number of nitrogens with zero attached hydrogens (tertiary/aromatic N) is 1. The number of carbonyl (C=O) groups excluding carboxylic acids is 1. The first-order valence-electron chi connectivity index (χ1n) is 10.5. The first kappa shape index (κ1) is 22.9. The van der Waals surface area contributed by atoms with Gasteiger partial charge in [-0.2, -0.15) is 0 Å². The number of benzene rings is 2. The molecule has 0 saturated heterocycles. The Balaban J connectivity index is 1.93. The molecule has 2 unspecified atom stereocenters. The Hall–Kier alpha value is -2.29. The van der Waals surface area contributed by atoms with Crippen LogP contribution in [-0.2, 0) is 25.2 Å². The summed E-state index contributed by atoms with van der Waals surface area (Å²) in [5.74, 6) is -0.628. The molecule has 1 aliphatic carbocycles. The van der Waals surface area contributed by atoms with Crippen molar-refractivity contribution in [3.05, 3.63) is 53.1 Å². The molecule has 7 nitrogen and oxygen atoms in total. The molecule has 172 valence electrons. The van der Waals surface area contributed by atoms with Crippen molar-refractivity contribution in [2.24, 2.45) is 5.92 Å². The molecule has 1 fully saturated rings. The molecule has 0 aromatic heterocycles. The van der Waals surface area contributed by atoms with Crippen LogP contribution in [0.25, 0.3) is 0 Å². The molecular weight excluding hydrogens is 454 g/mol. The van der Waals surface area contributed by atoms with E-state index in [0.29, 0.717) is 29.2 Å². The SMILES string of the molecule is COC(=O)C1N(S(=O)(=O)c2ccc(OC)cc2)c2ccc(Cl)cc2C1(O)C1CCCCC1. The second-order valence-corrected chi connectivity index (χ2v) is 10.5. The summed E-state index contributed by atoms with van der Waals surface area (Å²) in [7, 11) is -1.55. The van der Waals surface area contributed by atoms with Crippen molar-refractivity contribution in [3.8, 4) is 5.75 Å². The predicted octanol–water partition coefficient (Wildman–Crippen LogP) is 3.87. The molecule has 0 bridgehead atoms. The van der Waals surface area contributed by atoms with Gasteiger partial charge in [0.1, 0.15) is 11.4 Å². The zero-order valence-corrected chi connectivity index (χ0v) is 19.5. The van der Waals surface area contributed by atoms with Crippen LogP contribution in [0.2, 0.25) is 5.02 Å². The van der Waals surface area contributed by atoms with Crippen molar-refractivity contribution >= 4 is 33.3 Å². The molecular formula is C23H26ClNO6S. The van der Waals surface area contributed by atoms with Crippen LogP contribution in [-0.4, -0.2) is 39.8 Å². The van der Waals surface area contributed by atoms with Crippen LogP contribution < -0.4 is 9.04 Å². The molecule has 1 N–H and O–H groups in total. The quantitative estimate of drug-likeness (QED) is 0.654. The average Bonchev–Trinajstić information content (AvgIpc) is 3.09. The molecule has 32 heavy (non-hydrogen) atoms. The Morgan fingerprint density at radius 2 is 1.75 bits per heavy atom. The van der Waals surface area contributed by atoms with E-state index in [1.807, 2.05) is 0 Å². The Kier molecular flexibility index (Phi) is 6.13. The summed E-state index contributed by atoms with van der Waals surface area (Å²) in [5.41, 5.74) is -1.19. The Morgan fingerprint density at radius 1 is 1.09 bits per heavy atom. The van der Waals surface area contributed by atoms with Crippen molar-refractivity contribution < 1.29 is 27.8 Å². The Bertz CT molecular complexity index is 1110. The van der Waals surface area contributed by atoms with E-state index in [1.54, 1.807) is 12.1 Å². The van der Waals surface area contributed by atoms with E-state index in [1.165, 1.54) is 44.6 Å². The third-order valence-corrected chi connectivity index (χ3v) is 8.58. The summed E-state index contributed by atoms with van der Waals surface area (Å²) < 4.78 is 38.8. The van der Waals surface area contributed by atoms with Crippen LogP contribution in [0.5, 0.6) is 5.75 Å². The number of rotatable bonds is 5. The molecule has 1 heterocycles. The number of anilines is 1. The zero-order valence-electron chi connectivity index (χ0n) is 18.0. The van der Waals surface area contributed by atoms with Crippen molar-refractivity contribution in [3.63, 3.8) is 0 Å². The average molecular weight is 480 g/mol. The summed E-state index contributed by atoms with van der Waals surface area (Å²) in [6, 6.07) is 9.08. The first-order chi connectivity index (χ1) is 15.2. The van der Waals surface area contributed by atoms with Crippen molar-refractivity contribution in [2.75, 3.05) is 18.5 Å². The lowest BCUT2D eigenvalue weighted by Crippen LogP contribution is -2.56. The third kappa shape index (κ3) is 3.54. The van der Waals surface area contributed by atoms with Gasteiger partial charge in [0.25, 0.3) is 10.0 Å². The van der Waals surface area contributed by atoms with Crippen LogP contribution in [0, 0.1) is 5.92 Å². The fourth-order valence-corrected chi connectivity index (χ4v) is 6.81. The molecule has 2 aromatic carbocycles. The number of hydrogen-bond donors (Lipinski definition) is 1. The molecule has 0 spiro atoms. The summed E-state index contributed by atoms with van der Waals surface area (Å²) in [6.07, 6.45) is 4.16. The second kappa shape index (κ2) is 8.57. The number of ether oxygens (including phenoxy) is 2. The highest BCUT2D eigenvalue weighted by Gasteiger charge is 2.61. The van der Waals surface area contributed by atoms with E-state index in [0.717, 1.165) is 23.6 Å². The van der Waals surface area contributed by atoms with Crippen molar-refractivity contribution in [2.45, 2.75) is 48.6 Å². The molecule has 0 amide bonds. The van der Waals surface area contributed by atoms with Gasteiger partial charge in [-0.3, -0.25) is 0 Å². The van der Waals surface area contributed by atoms with Crippen LogP contribution >= 0.6 is 11.6 Å².